The molecule has 1 aromatic heterocycles. The van der Waals surface area contributed by atoms with Crippen LogP contribution in [0.15, 0.2) is 0 Å². The molecule has 1 rings (SSSR count). The van der Waals surface area contributed by atoms with Crippen molar-refractivity contribution >= 4 is 11.8 Å². The zero-order valence-corrected chi connectivity index (χ0v) is 11.8. The van der Waals surface area contributed by atoms with Crippen LogP contribution in [0.5, 0.6) is 0 Å². The van der Waals surface area contributed by atoms with E-state index in [-0.39, 0.29) is 12.3 Å². The van der Waals surface area contributed by atoms with Crippen LogP contribution in [0, 0.1) is 13.8 Å². The Hall–Kier alpha value is -1.66. The first-order valence-electron chi connectivity index (χ1n) is 6.03. The molecule has 6 heteroatoms. The van der Waals surface area contributed by atoms with Gasteiger partial charge in [0.1, 0.15) is 5.69 Å². The van der Waals surface area contributed by atoms with E-state index in [1.54, 1.807) is 21.0 Å². The molecule has 2 N–H and O–H groups in total. The van der Waals surface area contributed by atoms with Gasteiger partial charge in [-0.15, -0.1) is 0 Å². The lowest BCUT2D eigenvalue weighted by atomic mass is 10.1. The Morgan fingerprint density at radius 3 is 2.53 bits per heavy atom. The predicted molar refractivity (Wildman–Crippen MR) is 70.7 cm³/mol. The molecule has 0 fully saturated rings. The molecule has 0 aliphatic heterocycles. The number of methoxy groups -OCH3 is 2. The number of esters is 1. The first kappa shape index (κ1) is 15.4. The summed E-state index contributed by atoms with van der Waals surface area (Å²) >= 11 is 0. The Balaban J connectivity index is 2.80. The summed E-state index contributed by atoms with van der Waals surface area (Å²) in [6, 6.07) is 0. The number of hydrogen-bond acceptors (Lipinski definition) is 5. The second kappa shape index (κ2) is 7.06. The smallest absolute Gasteiger partial charge is 0.354 e. The van der Waals surface area contributed by atoms with Crippen LogP contribution >= 0.6 is 0 Å². The number of H-pyrrole nitrogens is 1. The number of aromatic nitrogens is 1. The SMILES string of the molecule is COCCNCC(=O)c1c(C)[nH]c(C(=O)OC)c1C. The van der Waals surface area contributed by atoms with Crippen LogP contribution in [-0.2, 0) is 9.47 Å². The number of carbonyl (C=O) groups excluding carboxylic acids is 2. The van der Waals surface area contributed by atoms with Gasteiger partial charge in [0.05, 0.1) is 20.3 Å². The van der Waals surface area contributed by atoms with Gasteiger partial charge in [0.2, 0.25) is 0 Å². The van der Waals surface area contributed by atoms with Crippen LogP contribution in [0.1, 0.15) is 32.1 Å². The summed E-state index contributed by atoms with van der Waals surface area (Å²) in [6.45, 7) is 4.86. The minimum Gasteiger partial charge on any atom is -0.464 e. The van der Waals surface area contributed by atoms with Crippen molar-refractivity contribution in [2.24, 2.45) is 0 Å². The Morgan fingerprint density at radius 1 is 1.26 bits per heavy atom. The van der Waals surface area contributed by atoms with Crippen molar-refractivity contribution < 1.29 is 19.1 Å². The third-order valence-corrected chi connectivity index (χ3v) is 2.87. The fourth-order valence-corrected chi connectivity index (χ4v) is 1.94. The summed E-state index contributed by atoms with van der Waals surface area (Å²) in [4.78, 5) is 26.5. The number of nitrogens with one attached hydrogen (secondary N) is 2. The third-order valence-electron chi connectivity index (χ3n) is 2.87. The molecule has 106 valence electrons. The summed E-state index contributed by atoms with van der Waals surface area (Å²) in [6.07, 6.45) is 0. The standard InChI is InChI=1S/C13H20N2O4/c1-8-11(10(16)7-14-5-6-18-3)9(2)15-12(8)13(17)19-4/h14-15H,5-7H2,1-4H3. The van der Waals surface area contributed by atoms with Crippen LogP contribution in [0.2, 0.25) is 0 Å². The van der Waals surface area contributed by atoms with E-state index in [9.17, 15) is 9.59 Å². The summed E-state index contributed by atoms with van der Waals surface area (Å²) in [5, 5.41) is 2.99. The minimum absolute atomic E-state index is 0.0579. The Labute approximate surface area is 112 Å². The van der Waals surface area contributed by atoms with Crippen molar-refractivity contribution in [2.75, 3.05) is 33.9 Å². The zero-order valence-electron chi connectivity index (χ0n) is 11.8. The second-order valence-electron chi connectivity index (χ2n) is 4.21. The van der Waals surface area contributed by atoms with Gasteiger partial charge in [0.25, 0.3) is 0 Å². The van der Waals surface area contributed by atoms with Gasteiger partial charge >= 0.3 is 5.97 Å². The van der Waals surface area contributed by atoms with Gasteiger partial charge < -0.3 is 19.8 Å². The molecule has 19 heavy (non-hydrogen) atoms. The molecule has 0 aliphatic carbocycles. The van der Waals surface area contributed by atoms with E-state index in [1.807, 2.05) is 0 Å². The van der Waals surface area contributed by atoms with Crippen LogP contribution in [0.3, 0.4) is 0 Å². The third kappa shape index (κ3) is 3.65. The average molecular weight is 268 g/mol. The number of carbonyl (C=O) groups is 2. The lowest BCUT2D eigenvalue weighted by Gasteiger charge is -2.04. The van der Waals surface area contributed by atoms with E-state index in [2.05, 4.69) is 15.0 Å². The number of Topliss-reactive ketones (excluding diaryl/α,β-unsaturated/α-hetero) is 1. The monoisotopic (exact) mass is 268 g/mol. The fraction of sp³-hybridized carbons (Fsp3) is 0.538. The number of ketones is 1. The van der Waals surface area contributed by atoms with Gasteiger partial charge in [0.15, 0.2) is 5.78 Å². The average Bonchev–Trinajstić information content (AvgIpc) is 2.69. The Bertz CT molecular complexity index is 465. The van der Waals surface area contributed by atoms with E-state index < -0.39 is 5.97 Å². The lowest BCUT2D eigenvalue weighted by molar-refractivity contribution is 0.0594. The first-order valence-corrected chi connectivity index (χ1v) is 6.03. The van der Waals surface area contributed by atoms with Gasteiger partial charge in [-0.2, -0.15) is 0 Å². The molecule has 0 bridgehead atoms. The largest absolute Gasteiger partial charge is 0.464 e. The van der Waals surface area contributed by atoms with Gasteiger partial charge in [-0.25, -0.2) is 4.79 Å². The van der Waals surface area contributed by atoms with E-state index in [0.717, 1.165) is 0 Å². The zero-order chi connectivity index (χ0) is 14.4. The van der Waals surface area contributed by atoms with Crippen molar-refractivity contribution in [1.82, 2.24) is 10.3 Å². The molecule has 0 saturated carbocycles. The highest BCUT2D eigenvalue weighted by molar-refractivity contribution is 6.03. The van der Waals surface area contributed by atoms with Crippen molar-refractivity contribution in [3.8, 4) is 0 Å². The first-order chi connectivity index (χ1) is 9.02. The highest BCUT2D eigenvalue weighted by atomic mass is 16.5. The van der Waals surface area contributed by atoms with Crippen molar-refractivity contribution in [3.63, 3.8) is 0 Å². The summed E-state index contributed by atoms with van der Waals surface area (Å²) in [5.74, 6) is -0.524. The molecule has 0 aliphatic rings. The number of aryl methyl sites for hydroxylation is 1. The predicted octanol–water partition coefficient (Wildman–Crippen LogP) is 0.837. The van der Waals surface area contributed by atoms with Crippen LogP contribution in [0.25, 0.3) is 0 Å². The highest BCUT2D eigenvalue weighted by Crippen LogP contribution is 2.18. The summed E-state index contributed by atoms with van der Waals surface area (Å²) in [5.41, 5.74) is 2.19. The molecular formula is C13H20N2O4. The van der Waals surface area contributed by atoms with Gasteiger partial charge in [-0.3, -0.25) is 4.79 Å². The van der Waals surface area contributed by atoms with E-state index in [1.165, 1.54) is 7.11 Å². The molecule has 0 amide bonds. The number of aromatic amines is 1. The molecule has 1 heterocycles. The van der Waals surface area contributed by atoms with Crippen molar-refractivity contribution in [3.05, 3.63) is 22.5 Å². The number of hydrogen-bond donors (Lipinski definition) is 2. The maximum absolute atomic E-state index is 12.1. The lowest BCUT2D eigenvalue weighted by Crippen LogP contribution is -2.26. The Morgan fingerprint density at radius 2 is 1.95 bits per heavy atom. The van der Waals surface area contributed by atoms with E-state index in [0.29, 0.717) is 35.7 Å². The Kier molecular flexibility index (Phi) is 5.72. The van der Waals surface area contributed by atoms with Crippen molar-refractivity contribution in [2.45, 2.75) is 13.8 Å². The van der Waals surface area contributed by atoms with Gasteiger partial charge in [-0.05, 0) is 19.4 Å². The van der Waals surface area contributed by atoms with Gasteiger partial charge in [0, 0.05) is 24.9 Å². The topological polar surface area (TPSA) is 80.4 Å². The molecule has 0 atom stereocenters. The van der Waals surface area contributed by atoms with E-state index >= 15 is 0 Å². The molecule has 0 unspecified atom stereocenters. The van der Waals surface area contributed by atoms with E-state index in [4.69, 9.17) is 4.74 Å². The molecule has 0 spiro atoms. The van der Waals surface area contributed by atoms with Crippen LogP contribution < -0.4 is 5.32 Å². The molecular weight excluding hydrogens is 248 g/mol. The molecule has 1 aromatic rings. The van der Waals surface area contributed by atoms with Gasteiger partial charge in [-0.1, -0.05) is 0 Å². The molecule has 0 aromatic carbocycles. The maximum atomic E-state index is 12.1. The molecule has 6 nitrogen and oxygen atoms in total. The van der Waals surface area contributed by atoms with Crippen LogP contribution in [0.4, 0.5) is 0 Å². The number of rotatable bonds is 7. The quantitative estimate of drug-likeness (QED) is 0.435. The van der Waals surface area contributed by atoms with Crippen molar-refractivity contribution in [1.29, 1.82) is 0 Å². The summed E-state index contributed by atoms with van der Waals surface area (Å²) in [7, 11) is 2.92. The normalized spacial score (nSPS) is 10.5. The highest BCUT2D eigenvalue weighted by Gasteiger charge is 2.21. The fourth-order valence-electron chi connectivity index (χ4n) is 1.94. The maximum Gasteiger partial charge on any atom is 0.354 e. The number of ether oxygens (including phenoxy) is 2. The van der Waals surface area contributed by atoms with Crippen LogP contribution in [-0.4, -0.2) is 50.7 Å². The second-order valence-corrected chi connectivity index (χ2v) is 4.21. The summed E-state index contributed by atoms with van der Waals surface area (Å²) < 4.78 is 9.55. The molecule has 0 radical (unpaired) electrons. The molecule has 0 saturated heterocycles. The minimum atomic E-state index is -0.466.